The predicted octanol–water partition coefficient (Wildman–Crippen LogP) is 1.36. The molecular formula is C11H14F2N2. The van der Waals surface area contributed by atoms with Crippen molar-refractivity contribution in [2.24, 2.45) is 11.7 Å². The fraction of sp³-hybridized carbons (Fsp3) is 0.455. The monoisotopic (exact) mass is 212 g/mol. The molecule has 0 atom stereocenters. The Bertz CT molecular complexity index is 348. The molecule has 0 spiro atoms. The van der Waals surface area contributed by atoms with Gasteiger partial charge in [-0.2, -0.15) is 0 Å². The van der Waals surface area contributed by atoms with Gasteiger partial charge in [0, 0.05) is 25.2 Å². The number of hydrogen-bond acceptors (Lipinski definition) is 2. The van der Waals surface area contributed by atoms with Crippen LogP contribution in [0, 0.1) is 17.6 Å². The van der Waals surface area contributed by atoms with Crippen LogP contribution in [0.15, 0.2) is 18.2 Å². The molecule has 0 bridgehead atoms. The Morgan fingerprint density at radius 2 is 2.07 bits per heavy atom. The van der Waals surface area contributed by atoms with E-state index in [1.807, 2.05) is 0 Å². The van der Waals surface area contributed by atoms with Crippen LogP contribution in [0.3, 0.4) is 0 Å². The molecule has 1 aliphatic rings. The lowest BCUT2D eigenvalue weighted by Gasteiger charge is -2.38. The molecule has 1 aliphatic heterocycles. The quantitative estimate of drug-likeness (QED) is 0.819. The van der Waals surface area contributed by atoms with Crippen molar-refractivity contribution >= 4 is 0 Å². The van der Waals surface area contributed by atoms with Crippen molar-refractivity contribution in [2.45, 2.75) is 6.54 Å². The lowest BCUT2D eigenvalue weighted by Crippen LogP contribution is -2.49. The zero-order valence-electron chi connectivity index (χ0n) is 8.42. The van der Waals surface area contributed by atoms with E-state index in [1.165, 1.54) is 12.1 Å². The van der Waals surface area contributed by atoms with Crippen LogP contribution in [0.5, 0.6) is 0 Å². The fourth-order valence-corrected chi connectivity index (χ4v) is 1.86. The molecule has 1 fully saturated rings. The van der Waals surface area contributed by atoms with Crippen LogP contribution in [0.1, 0.15) is 5.56 Å². The Labute approximate surface area is 87.7 Å². The lowest BCUT2D eigenvalue weighted by molar-refractivity contribution is 0.0965. The molecule has 2 N–H and O–H groups in total. The summed E-state index contributed by atoms with van der Waals surface area (Å²) in [7, 11) is 0. The fourth-order valence-electron chi connectivity index (χ4n) is 1.86. The van der Waals surface area contributed by atoms with Gasteiger partial charge in [-0.1, -0.05) is 0 Å². The first-order chi connectivity index (χ1) is 7.19. The molecule has 2 rings (SSSR count). The third kappa shape index (κ3) is 2.33. The molecule has 82 valence electrons. The number of hydrogen-bond donors (Lipinski definition) is 1. The number of likely N-dealkylation sites (tertiary alicyclic amines) is 1. The highest BCUT2D eigenvalue weighted by atomic mass is 19.1. The van der Waals surface area contributed by atoms with E-state index in [9.17, 15) is 8.78 Å². The van der Waals surface area contributed by atoms with Gasteiger partial charge in [-0.3, -0.25) is 4.90 Å². The topological polar surface area (TPSA) is 29.3 Å². The highest BCUT2D eigenvalue weighted by Gasteiger charge is 2.25. The van der Waals surface area contributed by atoms with Crippen molar-refractivity contribution in [1.29, 1.82) is 0 Å². The van der Waals surface area contributed by atoms with Crippen molar-refractivity contribution in [3.8, 4) is 0 Å². The van der Waals surface area contributed by atoms with Crippen LogP contribution in [0.25, 0.3) is 0 Å². The maximum absolute atomic E-state index is 13.3. The van der Waals surface area contributed by atoms with E-state index >= 15 is 0 Å². The average molecular weight is 212 g/mol. The van der Waals surface area contributed by atoms with Crippen molar-refractivity contribution in [2.75, 3.05) is 19.6 Å². The Kier molecular flexibility index (Phi) is 2.98. The second-order valence-electron chi connectivity index (χ2n) is 4.03. The summed E-state index contributed by atoms with van der Waals surface area (Å²) in [5.74, 6) is -0.212. The summed E-state index contributed by atoms with van der Waals surface area (Å²) >= 11 is 0. The van der Waals surface area contributed by atoms with Crippen molar-refractivity contribution in [3.63, 3.8) is 0 Å². The van der Waals surface area contributed by atoms with Gasteiger partial charge < -0.3 is 5.73 Å². The van der Waals surface area contributed by atoms with E-state index < -0.39 is 0 Å². The van der Waals surface area contributed by atoms with E-state index in [1.54, 1.807) is 0 Å². The summed E-state index contributed by atoms with van der Waals surface area (Å²) in [5.41, 5.74) is 5.90. The zero-order valence-corrected chi connectivity index (χ0v) is 8.42. The van der Waals surface area contributed by atoms with Gasteiger partial charge in [-0.05, 0) is 30.7 Å². The number of halogens is 2. The molecule has 0 aromatic heterocycles. The third-order valence-corrected chi connectivity index (χ3v) is 2.77. The number of nitrogens with zero attached hydrogens (tertiary/aromatic N) is 1. The normalized spacial score (nSPS) is 17.8. The van der Waals surface area contributed by atoms with Crippen LogP contribution >= 0.6 is 0 Å². The Hall–Kier alpha value is -1.00. The first kappa shape index (κ1) is 10.5. The maximum Gasteiger partial charge on any atom is 0.127 e. The Balaban J connectivity index is 1.97. The van der Waals surface area contributed by atoms with Crippen molar-refractivity contribution < 1.29 is 8.78 Å². The molecule has 1 aromatic carbocycles. The zero-order chi connectivity index (χ0) is 10.8. The maximum atomic E-state index is 13.3. The minimum atomic E-state index is -0.387. The summed E-state index contributed by atoms with van der Waals surface area (Å²) in [4.78, 5) is 2.06. The van der Waals surface area contributed by atoms with Gasteiger partial charge in [-0.15, -0.1) is 0 Å². The third-order valence-electron chi connectivity index (χ3n) is 2.77. The molecule has 0 unspecified atom stereocenters. The SMILES string of the molecule is NCC1CN(Cc2cc(F)ccc2F)C1. The molecule has 1 heterocycles. The molecule has 0 amide bonds. The first-order valence-corrected chi connectivity index (χ1v) is 5.05. The van der Waals surface area contributed by atoms with Crippen LogP contribution in [-0.4, -0.2) is 24.5 Å². The molecule has 15 heavy (non-hydrogen) atoms. The highest BCUT2D eigenvalue weighted by Crippen LogP contribution is 2.19. The molecule has 0 aliphatic carbocycles. The van der Waals surface area contributed by atoms with Gasteiger partial charge >= 0.3 is 0 Å². The van der Waals surface area contributed by atoms with Crippen LogP contribution in [0.2, 0.25) is 0 Å². The van der Waals surface area contributed by atoms with Crippen LogP contribution in [-0.2, 0) is 6.54 Å². The first-order valence-electron chi connectivity index (χ1n) is 5.05. The second-order valence-corrected chi connectivity index (χ2v) is 4.03. The van der Waals surface area contributed by atoms with E-state index in [2.05, 4.69) is 4.90 Å². The highest BCUT2D eigenvalue weighted by molar-refractivity contribution is 5.18. The summed E-state index contributed by atoms with van der Waals surface area (Å²) in [6.07, 6.45) is 0. The number of nitrogens with two attached hydrogens (primary N) is 1. The molecule has 1 saturated heterocycles. The number of rotatable bonds is 3. The Morgan fingerprint density at radius 3 is 2.73 bits per heavy atom. The van der Waals surface area contributed by atoms with Crippen molar-refractivity contribution in [3.05, 3.63) is 35.4 Å². The van der Waals surface area contributed by atoms with Crippen molar-refractivity contribution in [1.82, 2.24) is 4.90 Å². The molecule has 0 radical (unpaired) electrons. The largest absolute Gasteiger partial charge is 0.330 e. The van der Waals surface area contributed by atoms with E-state index in [0.29, 0.717) is 24.6 Å². The molecular weight excluding hydrogens is 198 g/mol. The molecule has 2 nitrogen and oxygen atoms in total. The predicted molar refractivity (Wildman–Crippen MR) is 54.2 cm³/mol. The van der Waals surface area contributed by atoms with Gasteiger partial charge in [-0.25, -0.2) is 8.78 Å². The minimum absolute atomic E-state index is 0.340. The summed E-state index contributed by atoms with van der Waals surface area (Å²) in [6.45, 7) is 2.90. The van der Waals surface area contributed by atoms with Gasteiger partial charge in [0.05, 0.1) is 0 Å². The van der Waals surface area contributed by atoms with Gasteiger partial charge in [0.25, 0.3) is 0 Å². The van der Waals surface area contributed by atoms with E-state index in [-0.39, 0.29) is 11.6 Å². The van der Waals surface area contributed by atoms with Crippen LogP contribution in [0.4, 0.5) is 8.78 Å². The Morgan fingerprint density at radius 1 is 1.33 bits per heavy atom. The number of benzene rings is 1. The molecule has 0 saturated carbocycles. The van der Waals surface area contributed by atoms with Gasteiger partial charge in [0.2, 0.25) is 0 Å². The average Bonchev–Trinajstić information content (AvgIpc) is 2.16. The van der Waals surface area contributed by atoms with Crippen LogP contribution < -0.4 is 5.73 Å². The van der Waals surface area contributed by atoms with Gasteiger partial charge in [0.1, 0.15) is 11.6 Å². The molecule has 1 aromatic rings. The van der Waals surface area contributed by atoms with Gasteiger partial charge in [0.15, 0.2) is 0 Å². The minimum Gasteiger partial charge on any atom is -0.330 e. The van der Waals surface area contributed by atoms with E-state index in [0.717, 1.165) is 19.2 Å². The summed E-state index contributed by atoms with van der Waals surface area (Å²) in [5, 5.41) is 0. The summed E-state index contributed by atoms with van der Waals surface area (Å²) in [6, 6.07) is 3.56. The standard InChI is InChI=1S/C11H14F2N2/c12-10-1-2-11(13)9(3-10)7-15-5-8(4-14)6-15/h1-3,8H,4-7,14H2. The second kappa shape index (κ2) is 4.24. The molecule has 4 heteroatoms. The van der Waals surface area contributed by atoms with E-state index in [4.69, 9.17) is 5.73 Å². The summed E-state index contributed by atoms with van der Waals surface area (Å²) < 4.78 is 26.1. The lowest BCUT2D eigenvalue weighted by atomic mass is 9.99. The smallest absolute Gasteiger partial charge is 0.127 e.